The number of hydrogen-bond acceptors (Lipinski definition) is 5. The number of nitrogens with two attached hydrogens (primary N) is 1. The van der Waals surface area contributed by atoms with Gasteiger partial charge in [-0.3, -0.25) is 4.79 Å². The van der Waals surface area contributed by atoms with Gasteiger partial charge in [0.25, 0.3) is 5.91 Å². The highest BCUT2D eigenvalue weighted by Gasteiger charge is 2.22. The third kappa shape index (κ3) is 4.66. The van der Waals surface area contributed by atoms with Gasteiger partial charge in [0.1, 0.15) is 5.56 Å². The molecule has 6 heteroatoms. The van der Waals surface area contributed by atoms with E-state index in [1.165, 1.54) is 20.1 Å². The molecule has 0 fully saturated rings. The van der Waals surface area contributed by atoms with Crippen molar-refractivity contribution in [3.8, 4) is 5.75 Å². The Morgan fingerprint density at radius 3 is 2.52 bits per heavy atom. The second kappa shape index (κ2) is 7.52. The molecule has 116 valence electrons. The van der Waals surface area contributed by atoms with Crippen molar-refractivity contribution < 1.29 is 19.1 Å². The van der Waals surface area contributed by atoms with E-state index in [1.807, 2.05) is 13.8 Å². The lowest BCUT2D eigenvalue weighted by Gasteiger charge is -2.16. The van der Waals surface area contributed by atoms with Crippen LogP contribution in [0.2, 0.25) is 0 Å². The van der Waals surface area contributed by atoms with Crippen LogP contribution >= 0.6 is 0 Å². The second-order valence-electron chi connectivity index (χ2n) is 5.11. The average Bonchev–Trinajstić information content (AvgIpc) is 2.44. The minimum absolute atomic E-state index is 0.195. The Hall–Kier alpha value is -2.24. The molecule has 1 aromatic rings. The third-order valence-electron chi connectivity index (χ3n) is 2.81. The summed E-state index contributed by atoms with van der Waals surface area (Å²) < 4.78 is 10.2. The molecule has 0 spiro atoms. The first-order valence-electron chi connectivity index (χ1n) is 6.78. The SMILES string of the molecule is COc1c(N)cccc1C(=O)OC(C)C(=O)NCC(C)C. The highest BCUT2D eigenvalue weighted by molar-refractivity contribution is 5.96. The van der Waals surface area contributed by atoms with Crippen LogP contribution in [0.4, 0.5) is 5.69 Å². The first kappa shape index (κ1) is 16.8. The zero-order valence-corrected chi connectivity index (χ0v) is 12.8. The summed E-state index contributed by atoms with van der Waals surface area (Å²) in [5.74, 6) is -0.408. The van der Waals surface area contributed by atoms with Gasteiger partial charge in [0.15, 0.2) is 11.9 Å². The Morgan fingerprint density at radius 2 is 1.95 bits per heavy atom. The standard InChI is InChI=1S/C15H22N2O4/c1-9(2)8-17-14(18)10(3)21-15(19)11-6-5-7-12(16)13(11)20-4/h5-7,9-10H,8,16H2,1-4H3,(H,17,18). The van der Waals surface area contributed by atoms with Crippen LogP contribution in [0.25, 0.3) is 0 Å². The molecule has 0 aliphatic carbocycles. The van der Waals surface area contributed by atoms with E-state index in [2.05, 4.69) is 5.32 Å². The van der Waals surface area contributed by atoms with Crippen LogP contribution in [0.1, 0.15) is 31.1 Å². The Morgan fingerprint density at radius 1 is 1.29 bits per heavy atom. The minimum Gasteiger partial charge on any atom is -0.494 e. The number of nitrogen functional groups attached to an aromatic ring is 1. The van der Waals surface area contributed by atoms with Gasteiger partial charge in [-0.25, -0.2) is 4.79 Å². The van der Waals surface area contributed by atoms with Gasteiger partial charge in [-0.1, -0.05) is 19.9 Å². The molecule has 1 atom stereocenters. The second-order valence-corrected chi connectivity index (χ2v) is 5.11. The van der Waals surface area contributed by atoms with E-state index in [0.717, 1.165) is 0 Å². The van der Waals surface area contributed by atoms with Crippen molar-refractivity contribution >= 4 is 17.6 Å². The topological polar surface area (TPSA) is 90.7 Å². The van der Waals surface area contributed by atoms with Crippen molar-refractivity contribution in [3.63, 3.8) is 0 Å². The normalized spacial score (nSPS) is 11.9. The fourth-order valence-electron chi connectivity index (χ4n) is 1.67. The van der Waals surface area contributed by atoms with Gasteiger partial charge in [-0.2, -0.15) is 0 Å². The molecule has 0 heterocycles. The number of anilines is 1. The molecule has 1 aromatic carbocycles. The molecule has 21 heavy (non-hydrogen) atoms. The maximum Gasteiger partial charge on any atom is 0.342 e. The lowest BCUT2D eigenvalue weighted by Crippen LogP contribution is -2.37. The van der Waals surface area contributed by atoms with Gasteiger partial charge in [0.2, 0.25) is 0 Å². The van der Waals surface area contributed by atoms with Crippen LogP contribution in [0, 0.1) is 5.92 Å². The Labute approximate surface area is 124 Å². The molecule has 3 N–H and O–H groups in total. The van der Waals surface area contributed by atoms with Crippen molar-refractivity contribution in [2.24, 2.45) is 5.92 Å². The summed E-state index contributed by atoms with van der Waals surface area (Å²) in [5.41, 5.74) is 6.26. The van der Waals surface area contributed by atoms with Crippen LogP contribution in [0.3, 0.4) is 0 Å². The number of carbonyl (C=O) groups is 2. The van der Waals surface area contributed by atoms with Crippen LogP contribution < -0.4 is 15.8 Å². The summed E-state index contributed by atoms with van der Waals surface area (Å²) in [6.07, 6.45) is -0.887. The molecular weight excluding hydrogens is 272 g/mol. The van der Waals surface area contributed by atoms with Crippen molar-refractivity contribution in [3.05, 3.63) is 23.8 Å². The van der Waals surface area contributed by atoms with E-state index in [0.29, 0.717) is 18.2 Å². The predicted molar refractivity (Wildman–Crippen MR) is 80.1 cm³/mol. The molecule has 0 aromatic heterocycles. The van der Waals surface area contributed by atoms with Gasteiger partial charge in [-0.05, 0) is 25.0 Å². The van der Waals surface area contributed by atoms with Crippen molar-refractivity contribution in [2.75, 3.05) is 19.4 Å². The number of methoxy groups -OCH3 is 1. The van der Waals surface area contributed by atoms with E-state index in [-0.39, 0.29) is 17.2 Å². The number of para-hydroxylation sites is 1. The zero-order chi connectivity index (χ0) is 16.0. The van der Waals surface area contributed by atoms with Crippen molar-refractivity contribution in [1.82, 2.24) is 5.32 Å². The smallest absolute Gasteiger partial charge is 0.342 e. The van der Waals surface area contributed by atoms with E-state index in [9.17, 15) is 9.59 Å². The molecule has 1 amide bonds. The quantitative estimate of drug-likeness (QED) is 0.614. The lowest BCUT2D eigenvalue weighted by molar-refractivity contribution is -0.129. The summed E-state index contributed by atoms with van der Waals surface area (Å²) in [7, 11) is 1.42. The number of rotatable bonds is 6. The van der Waals surface area contributed by atoms with Gasteiger partial charge in [0.05, 0.1) is 12.8 Å². The van der Waals surface area contributed by atoms with Crippen LogP contribution in [0.15, 0.2) is 18.2 Å². The molecule has 0 bridgehead atoms. The summed E-state index contributed by atoms with van der Waals surface area (Å²) in [6, 6.07) is 4.78. The molecule has 1 rings (SSSR count). The molecular formula is C15H22N2O4. The van der Waals surface area contributed by atoms with Crippen molar-refractivity contribution in [1.29, 1.82) is 0 Å². The maximum absolute atomic E-state index is 12.1. The molecule has 0 saturated heterocycles. The lowest BCUT2D eigenvalue weighted by atomic mass is 10.1. The first-order chi connectivity index (χ1) is 9.86. The monoisotopic (exact) mass is 294 g/mol. The number of benzene rings is 1. The van der Waals surface area contributed by atoms with E-state index in [1.54, 1.807) is 12.1 Å². The Bertz CT molecular complexity index is 514. The fourth-order valence-corrected chi connectivity index (χ4v) is 1.67. The molecule has 6 nitrogen and oxygen atoms in total. The summed E-state index contributed by atoms with van der Waals surface area (Å²) in [4.78, 5) is 23.9. The molecule has 0 radical (unpaired) electrons. The van der Waals surface area contributed by atoms with Gasteiger partial charge in [-0.15, -0.1) is 0 Å². The van der Waals surface area contributed by atoms with Gasteiger partial charge in [0, 0.05) is 6.54 Å². The number of ether oxygens (including phenoxy) is 2. The number of esters is 1. The fraction of sp³-hybridized carbons (Fsp3) is 0.467. The van der Waals surface area contributed by atoms with Gasteiger partial charge < -0.3 is 20.5 Å². The number of nitrogens with one attached hydrogen (secondary N) is 1. The highest BCUT2D eigenvalue weighted by atomic mass is 16.5. The van der Waals surface area contributed by atoms with Crippen LogP contribution in [0.5, 0.6) is 5.75 Å². The van der Waals surface area contributed by atoms with E-state index >= 15 is 0 Å². The summed E-state index contributed by atoms with van der Waals surface area (Å²) in [6.45, 7) is 6.01. The molecule has 0 saturated carbocycles. The molecule has 0 aliphatic rings. The van der Waals surface area contributed by atoms with E-state index < -0.39 is 12.1 Å². The molecule has 0 aliphatic heterocycles. The van der Waals surface area contributed by atoms with Crippen molar-refractivity contribution in [2.45, 2.75) is 26.9 Å². The third-order valence-corrected chi connectivity index (χ3v) is 2.81. The van der Waals surface area contributed by atoms with Crippen LogP contribution in [-0.4, -0.2) is 31.6 Å². The number of hydrogen-bond donors (Lipinski definition) is 2. The van der Waals surface area contributed by atoms with E-state index in [4.69, 9.17) is 15.2 Å². The Kier molecular flexibility index (Phi) is 6.02. The largest absolute Gasteiger partial charge is 0.494 e. The predicted octanol–water partition coefficient (Wildman–Crippen LogP) is 1.59. The maximum atomic E-state index is 12.1. The van der Waals surface area contributed by atoms with Gasteiger partial charge >= 0.3 is 5.97 Å². The highest BCUT2D eigenvalue weighted by Crippen LogP contribution is 2.26. The summed E-state index contributed by atoms with van der Waals surface area (Å²) in [5, 5.41) is 2.71. The minimum atomic E-state index is -0.887. The molecule has 1 unspecified atom stereocenters. The average molecular weight is 294 g/mol. The Balaban J connectivity index is 2.73. The summed E-state index contributed by atoms with van der Waals surface area (Å²) >= 11 is 0. The number of carbonyl (C=O) groups excluding carboxylic acids is 2. The van der Waals surface area contributed by atoms with Crippen LogP contribution in [-0.2, 0) is 9.53 Å². The zero-order valence-electron chi connectivity index (χ0n) is 12.8. The number of amides is 1. The first-order valence-corrected chi connectivity index (χ1v) is 6.78.